The molecule has 0 saturated carbocycles. The molecule has 29 heavy (non-hydrogen) atoms. The predicted octanol–water partition coefficient (Wildman–Crippen LogP) is 3.94. The van der Waals surface area contributed by atoms with Crippen LogP contribution in [-0.2, 0) is 21.2 Å². The third kappa shape index (κ3) is 5.81. The maximum absolute atomic E-state index is 13.1. The second kappa shape index (κ2) is 9.74. The highest BCUT2D eigenvalue weighted by Gasteiger charge is 2.34. The normalized spacial score (nSPS) is 17.8. The summed E-state index contributed by atoms with van der Waals surface area (Å²) >= 11 is 5.88. The largest absolute Gasteiger partial charge is 0.356 e. The second-order valence-electron chi connectivity index (χ2n) is 7.51. The number of carbonyl (C=O) groups excluding carboxylic acids is 1. The van der Waals surface area contributed by atoms with Crippen molar-refractivity contribution in [1.82, 2.24) is 9.62 Å². The Labute approximate surface area is 178 Å². The Bertz CT molecular complexity index is 928. The number of nitrogens with zero attached hydrogens (tertiary/aromatic N) is 1. The molecule has 156 valence electrons. The van der Waals surface area contributed by atoms with Crippen molar-refractivity contribution in [2.24, 2.45) is 0 Å². The molecule has 1 fully saturated rings. The van der Waals surface area contributed by atoms with Gasteiger partial charge >= 0.3 is 0 Å². The third-order valence-corrected chi connectivity index (χ3v) is 7.49. The molecular weight excluding hydrogens is 408 g/mol. The van der Waals surface area contributed by atoms with Gasteiger partial charge in [-0.1, -0.05) is 47.9 Å². The van der Waals surface area contributed by atoms with E-state index in [0.717, 1.165) is 24.0 Å². The zero-order valence-electron chi connectivity index (χ0n) is 16.6. The van der Waals surface area contributed by atoms with Gasteiger partial charge in [0.1, 0.15) is 0 Å². The minimum atomic E-state index is -3.60. The minimum absolute atomic E-state index is 0.116. The topological polar surface area (TPSA) is 66.5 Å². The monoisotopic (exact) mass is 434 g/mol. The van der Waals surface area contributed by atoms with Gasteiger partial charge in [-0.25, -0.2) is 8.42 Å². The lowest BCUT2D eigenvalue weighted by Crippen LogP contribution is -2.46. The molecule has 1 atom stereocenters. The number of nitrogens with one attached hydrogen (secondary N) is 1. The van der Waals surface area contributed by atoms with Crippen molar-refractivity contribution in [3.63, 3.8) is 0 Å². The van der Waals surface area contributed by atoms with E-state index < -0.39 is 10.0 Å². The van der Waals surface area contributed by atoms with E-state index in [-0.39, 0.29) is 23.3 Å². The van der Waals surface area contributed by atoms with Crippen LogP contribution in [0.15, 0.2) is 53.4 Å². The standard InChI is InChI=1S/C22H27ClN2O3S/c1-17-5-11-21(12-6-17)29(27,28)25-15-3-2-4-20(25)16-22(26)24-14-13-18-7-9-19(23)10-8-18/h5-12,20H,2-4,13-16H2,1H3,(H,24,26)/t20-/m0/s1. The molecule has 1 heterocycles. The first kappa shape index (κ1) is 21.8. The van der Waals surface area contributed by atoms with Gasteiger partial charge in [-0.3, -0.25) is 4.79 Å². The lowest BCUT2D eigenvalue weighted by Gasteiger charge is -2.34. The highest BCUT2D eigenvalue weighted by molar-refractivity contribution is 7.89. The van der Waals surface area contributed by atoms with E-state index in [9.17, 15) is 13.2 Å². The zero-order chi connectivity index (χ0) is 20.9. The van der Waals surface area contributed by atoms with Crippen molar-refractivity contribution >= 4 is 27.5 Å². The fraction of sp³-hybridized carbons (Fsp3) is 0.409. The van der Waals surface area contributed by atoms with Crippen molar-refractivity contribution < 1.29 is 13.2 Å². The molecule has 3 rings (SSSR count). The molecule has 0 aromatic heterocycles. The summed E-state index contributed by atoms with van der Waals surface area (Å²) in [5, 5.41) is 3.60. The molecule has 1 aliphatic heterocycles. The van der Waals surface area contributed by atoms with Crippen molar-refractivity contribution in [1.29, 1.82) is 0 Å². The van der Waals surface area contributed by atoms with Crippen LogP contribution in [0.3, 0.4) is 0 Å². The Morgan fingerprint density at radius 3 is 2.48 bits per heavy atom. The molecule has 1 aliphatic rings. The molecule has 1 N–H and O–H groups in total. The average Bonchev–Trinajstić information content (AvgIpc) is 2.70. The molecule has 0 spiro atoms. The van der Waals surface area contributed by atoms with Crippen LogP contribution in [0.4, 0.5) is 0 Å². The molecule has 1 amide bonds. The van der Waals surface area contributed by atoms with E-state index in [1.54, 1.807) is 24.3 Å². The number of sulfonamides is 1. The maximum Gasteiger partial charge on any atom is 0.243 e. The number of aryl methyl sites for hydroxylation is 1. The SMILES string of the molecule is Cc1ccc(S(=O)(=O)N2CCCC[C@H]2CC(=O)NCCc2ccc(Cl)cc2)cc1. The second-order valence-corrected chi connectivity index (χ2v) is 9.84. The Morgan fingerprint density at radius 1 is 1.10 bits per heavy atom. The lowest BCUT2D eigenvalue weighted by molar-refractivity contribution is -0.122. The van der Waals surface area contributed by atoms with E-state index in [2.05, 4.69) is 5.32 Å². The number of carbonyl (C=O) groups is 1. The molecule has 2 aromatic rings. The van der Waals surface area contributed by atoms with E-state index in [0.29, 0.717) is 31.0 Å². The molecule has 0 unspecified atom stereocenters. The maximum atomic E-state index is 13.1. The van der Waals surface area contributed by atoms with Gasteiger partial charge < -0.3 is 5.32 Å². The Hall–Kier alpha value is -1.89. The number of hydrogen-bond acceptors (Lipinski definition) is 3. The first-order valence-corrected chi connectivity index (χ1v) is 11.8. The molecule has 7 heteroatoms. The van der Waals surface area contributed by atoms with Crippen LogP contribution < -0.4 is 5.32 Å². The summed E-state index contributed by atoms with van der Waals surface area (Å²) in [6, 6.07) is 14.1. The predicted molar refractivity (Wildman–Crippen MR) is 115 cm³/mol. The van der Waals surface area contributed by atoms with E-state index in [1.165, 1.54) is 4.31 Å². The summed E-state index contributed by atoms with van der Waals surface area (Å²) in [5.41, 5.74) is 2.11. The molecule has 0 aliphatic carbocycles. The van der Waals surface area contributed by atoms with Crippen molar-refractivity contribution in [3.8, 4) is 0 Å². The van der Waals surface area contributed by atoms with Gasteiger partial charge in [-0.05, 0) is 56.0 Å². The summed E-state index contributed by atoms with van der Waals surface area (Å²) in [6.07, 6.45) is 3.35. The Balaban J connectivity index is 1.59. The minimum Gasteiger partial charge on any atom is -0.356 e. The van der Waals surface area contributed by atoms with Crippen molar-refractivity contribution in [2.45, 2.75) is 50.0 Å². The van der Waals surface area contributed by atoms with Crippen LogP contribution in [-0.4, -0.2) is 37.8 Å². The highest BCUT2D eigenvalue weighted by Crippen LogP contribution is 2.27. The highest BCUT2D eigenvalue weighted by atomic mass is 35.5. The number of hydrogen-bond donors (Lipinski definition) is 1. The van der Waals surface area contributed by atoms with E-state index >= 15 is 0 Å². The number of halogens is 1. The molecule has 5 nitrogen and oxygen atoms in total. The van der Waals surface area contributed by atoms with Gasteiger partial charge in [0.05, 0.1) is 4.90 Å². The molecule has 0 bridgehead atoms. The first-order chi connectivity index (χ1) is 13.9. The quantitative estimate of drug-likeness (QED) is 0.717. The third-order valence-electron chi connectivity index (χ3n) is 5.27. The Morgan fingerprint density at radius 2 is 1.79 bits per heavy atom. The van der Waals surface area contributed by atoms with Gasteiger partial charge in [-0.2, -0.15) is 4.31 Å². The number of piperidine rings is 1. The summed E-state index contributed by atoms with van der Waals surface area (Å²) < 4.78 is 27.7. The van der Waals surface area contributed by atoms with E-state index in [4.69, 9.17) is 11.6 Å². The molecule has 1 saturated heterocycles. The first-order valence-electron chi connectivity index (χ1n) is 9.96. The van der Waals surface area contributed by atoms with Gasteiger partial charge in [-0.15, -0.1) is 0 Å². The van der Waals surface area contributed by atoms with Crippen LogP contribution in [0.1, 0.15) is 36.8 Å². The molecule has 0 radical (unpaired) electrons. The summed E-state index contributed by atoms with van der Waals surface area (Å²) in [6.45, 7) is 2.89. The molecule has 2 aromatic carbocycles. The molecular formula is C22H27ClN2O3S. The van der Waals surface area contributed by atoms with Crippen LogP contribution in [0.2, 0.25) is 5.02 Å². The number of amides is 1. The van der Waals surface area contributed by atoms with Gasteiger partial charge in [0, 0.05) is 30.6 Å². The van der Waals surface area contributed by atoms with Crippen LogP contribution in [0.25, 0.3) is 0 Å². The van der Waals surface area contributed by atoms with Crippen LogP contribution in [0, 0.1) is 6.92 Å². The van der Waals surface area contributed by atoms with Crippen LogP contribution >= 0.6 is 11.6 Å². The van der Waals surface area contributed by atoms with E-state index in [1.807, 2.05) is 31.2 Å². The summed E-state index contributed by atoms with van der Waals surface area (Å²) in [7, 11) is -3.60. The Kier molecular flexibility index (Phi) is 7.33. The van der Waals surface area contributed by atoms with Gasteiger partial charge in [0.25, 0.3) is 0 Å². The van der Waals surface area contributed by atoms with Gasteiger partial charge in [0.2, 0.25) is 15.9 Å². The lowest BCUT2D eigenvalue weighted by atomic mass is 10.0. The van der Waals surface area contributed by atoms with Crippen molar-refractivity contribution in [2.75, 3.05) is 13.1 Å². The summed E-state index contributed by atoms with van der Waals surface area (Å²) in [5.74, 6) is -0.116. The number of rotatable bonds is 7. The van der Waals surface area contributed by atoms with Crippen molar-refractivity contribution in [3.05, 3.63) is 64.7 Å². The smallest absolute Gasteiger partial charge is 0.243 e. The summed E-state index contributed by atoms with van der Waals surface area (Å²) in [4.78, 5) is 12.7. The average molecular weight is 435 g/mol. The fourth-order valence-electron chi connectivity index (χ4n) is 3.62. The zero-order valence-corrected chi connectivity index (χ0v) is 18.2. The van der Waals surface area contributed by atoms with Gasteiger partial charge in [0.15, 0.2) is 0 Å². The fourth-order valence-corrected chi connectivity index (χ4v) is 5.44. The van der Waals surface area contributed by atoms with Crippen LogP contribution in [0.5, 0.6) is 0 Å². The number of benzene rings is 2.